The Balaban J connectivity index is 2.52. The molecule has 1 aliphatic heterocycles. The first kappa shape index (κ1) is 12.2. The second-order valence-corrected chi connectivity index (χ2v) is 5.52. The molecule has 1 aromatic carbocycles. The van der Waals surface area contributed by atoms with E-state index in [1.807, 2.05) is 12.1 Å². The quantitative estimate of drug-likeness (QED) is 0.627. The third-order valence-electron chi connectivity index (χ3n) is 3.45. The van der Waals surface area contributed by atoms with Crippen LogP contribution in [-0.2, 0) is 0 Å². The van der Waals surface area contributed by atoms with Gasteiger partial charge in [0.05, 0.1) is 10.6 Å². The van der Waals surface area contributed by atoms with Crippen molar-refractivity contribution in [3.63, 3.8) is 0 Å². The third-order valence-corrected chi connectivity index (χ3v) is 3.77. The standard InChI is InChI=1S/C13H18ClN3/c1-13(2)7-4-8-17(13)10-6-3-5-9(14)11(10)12(15)16/h3,5-6H,4,7-8H2,1-2H3,(H3,15,16). The summed E-state index contributed by atoms with van der Waals surface area (Å²) in [6.07, 6.45) is 2.31. The molecule has 0 radical (unpaired) electrons. The number of nitrogens with two attached hydrogens (primary N) is 1. The fraction of sp³-hybridized carbons (Fsp3) is 0.462. The van der Waals surface area contributed by atoms with Crippen molar-refractivity contribution in [2.45, 2.75) is 32.2 Å². The molecule has 2 rings (SSSR count). The lowest BCUT2D eigenvalue weighted by Gasteiger charge is -2.35. The number of nitrogens with zero attached hydrogens (tertiary/aromatic N) is 1. The molecule has 92 valence electrons. The zero-order valence-electron chi connectivity index (χ0n) is 10.3. The SMILES string of the molecule is CC1(C)CCCN1c1cccc(Cl)c1C(=N)N. The average molecular weight is 252 g/mol. The van der Waals surface area contributed by atoms with E-state index in [0.717, 1.165) is 25.1 Å². The molecule has 0 atom stereocenters. The van der Waals surface area contributed by atoms with Gasteiger partial charge in [0, 0.05) is 17.8 Å². The molecule has 0 spiro atoms. The smallest absolute Gasteiger partial charge is 0.126 e. The highest BCUT2D eigenvalue weighted by atomic mass is 35.5. The van der Waals surface area contributed by atoms with Gasteiger partial charge in [0.2, 0.25) is 0 Å². The monoisotopic (exact) mass is 251 g/mol. The molecule has 0 bridgehead atoms. The molecular formula is C13H18ClN3. The van der Waals surface area contributed by atoms with Crippen molar-refractivity contribution in [3.8, 4) is 0 Å². The number of hydrogen-bond donors (Lipinski definition) is 2. The summed E-state index contributed by atoms with van der Waals surface area (Å²) in [6.45, 7) is 5.42. The highest BCUT2D eigenvalue weighted by Crippen LogP contribution is 2.37. The van der Waals surface area contributed by atoms with Gasteiger partial charge in [-0.2, -0.15) is 0 Å². The average Bonchev–Trinajstić information content (AvgIpc) is 2.57. The first-order valence-corrected chi connectivity index (χ1v) is 6.22. The van der Waals surface area contributed by atoms with Crippen molar-refractivity contribution < 1.29 is 0 Å². The highest BCUT2D eigenvalue weighted by molar-refractivity contribution is 6.34. The van der Waals surface area contributed by atoms with Crippen LogP contribution in [0.1, 0.15) is 32.3 Å². The largest absolute Gasteiger partial charge is 0.384 e. The van der Waals surface area contributed by atoms with E-state index in [1.165, 1.54) is 0 Å². The second-order valence-electron chi connectivity index (χ2n) is 5.12. The minimum Gasteiger partial charge on any atom is -0.384 e. The maximum Gasteiger partial charge on any atom is 0.126 e. The topological polar surface area (TPSA) is 53.1 Å². The van der Waals surface area contributed by atoms with Gasteiger partial charge < -0.3 is 10.6 Å². The van der Waals surface area contributed by atoms with E-state index in [0.29, 0.717) is 10.6 Å². The molecular weight excluding hydrogens is 234 g/mol. The summed E-state index contributed by atoms with van der Waals surface area (Å²) in [6, 6.07) is 5.69. The number of nitrogen functional groups attached to an aromatic ring is 1. The molecule has 0 amide bonds. The highest BCUT2D eigenvalue weighted by Gasteiger charge is 2.33. The molecule has 1 aliphatic rings. The van der Waals surface area contributed by atoms with Gasteiger partial charge in [0.1, 0.15) is 5.84 Å². The van der Waals surface area contributed by atoms with Gasteiger partial charge in [-0.15, -0.1) is 0 Å². The lowest BCUT2D eigenvalue weighted by Crippen LogP contribution is -2.39. The summed E-state index contributed by atoms with van der Waals surface area (Å²) in [5.74, 6) is 0.0355. The summed E-state index contributed by atoms with van der Waals surface area (Å²) in [4.78, 5) is 2.30. The number of benzene rings is 1. The van der Waals surface area contributed by atoms with Crippen LogP contribution >= 0.6 is 11.6 Å². The number of halogens is 1. The molecule has 0 aliphatic carbocycles. The molecule has 0 unspecified atom stereocenters. The van der Waals surface area contributed by atoms with E-state index < -0.39 is 0 Å². The van der Waals surface area contributed by atoms with Crippen LogP contribution < -0.4 is 10.6 Å². The Morgan fingerprint density at radius 2 is 2.18 bits per heavy atom. The van der Waals surface area contributed by atoms with Crippen LogP contribution in [-0.4, -0.2) is 17.9 Å². The third kappa shape index (κ3) is 2.12. The van der Waals surface area contributed by atoms with Gasteiger partial charge in [0.15, 0.2) is 0 Å². The summed E-state index contributed by atoms with van der Waals surface area (Å²) in [7, 11) is 0. The van der Waals surface area contributed by atoms with Crippen molar-refractivity contribution in [3.05, 3.63) is 28.8 Å². The lowest BCUT2D eigenvalue weighted by atomic mass is 10.0. The van der Waals surface area contributed by atoms with Crippen LogP contribution in [0.4, 0.5) is 5.69 Å². The van der Waals surface area contributed by atoms with Crippen molar-refractivity contribution in [2.75, 3.05) is 11.4 Å². The van der Waals surface area contributed by atoms with E-state index in [2.05, 4.69) is 18.7 Å². The molecule has 3 N–H and O–H groups in total. The first-order valence-electron chi connectivity index (χ1n) is 5.84. The molecule has 4 heteroatoms. The maximum atomic E-state index is 7.68. The Morgan fingerprint density at radius 3 is 2.71 bits per heavy atom. The summed E-state index contributed by atoms with van der Waals surface area (Å²) < 4.78 is 0. The number of rotatable bonds is 2. The van der Waals surface area contributed by atoms with Gasteiger partial charge >= 0.3 is 0 Å². The van der Waals surface area contributed by atoms with Crippen molar-refractivity contribution in [1.82, 2.24) is 0 Å². The van der Waals surface area contributed by atoms with Crippen LogP contribution in [0.3, 0.4) is 0 Å². The van der Waals surface area contributed by atoms with E-state index in [9.17, 15) is 0 Å². The molecule has 3 nitrogen and oxygen atoms in total. The summed E-state index contributed by atoms with van der Waals surface area (Å²) >= 11 is 6.15. The van der Waals surface area contributed by atoms with Gasteiger partial charge in [-0.05, 0) is 38.8 Å². The van der Waals surface area contributed by atoms with Gasteiger partial charge in [-0.3, -0.25) is 5.41 Å². The zero-order chi connectivity index (χ0) is 12.6. The summed E-state index contributed by atoms with van der Waals surface area (Å²) in [5.41, 5.74) is 7.39. The van der Waals surface area contributed by atoms with Crippen LogP contribution in [0.2, 0.25) is 5.02 Å². The Labute approximate surface area is 107 Å². The normalized spacial score (nSPS) is 18.4. The molecule has 1 heterocycles. The summed E-state index contributed by atoms with van der Waals surface area (Å²) in [5, 5.41) is 8.23. The minimum absolute atomic E-state index is 0.0355. The molecule has 0 aromatic heterocycles. The molecule has 1 saturated heterocycles. The van der Waals surface area contributed by atoms with Crippen molar-refractivity contribution in [1.29, 1.82) is 5.41 Å². The first-order chi connectivity index (χ1) is 7.93. The Bertz CT molecular complexity index is 454. The number of amidine groups is 1. The van der Waals surface area contributed by atoms with E-state index in [-0.39, 0.29) is 11.4 Å². The number of hydrogen-bond acceptors (Lipinski definition) is 2. The van der Waals surface area contributed by atoms with Crippen LogP contribution in [0.5, 0.6) is 0 Å². The predicted octanol–water partition coefficient (Wildman–Crippen LogP) is 3.00. The van der Waals surface area contributed by atoms with Crippen LogP contribution in [0.25, 0.3) is 0 Å². The van der Waals surface area contributed by atoms with Gasteiger partial charge in [-0.25, -0.2) is 0 Å². The Hall–Kier alpha value is -1.22. The van der Waals surface area contributed by atoms with Crippen LogP contribution in [0, 0.1) is 5.41 Å². The lowest BCUT2D eigenvalue weighted by molar-refractivity contribution is 0.518. The number of anilines is 1. The van der Waals surface area contributed by atoms with E-state index in [1.54, 1.807) is 6.07 Å². The Morgan fingerprint density at radius 1 is 1.47 bits per heavy atom. The fourth-order valence-corrected chi connectivity index (χ4v) is 2.83. The van der Waals surface area contributed by atoms with Crippen LogP contribution in [0.15, 0.2) is 18.2 Å². The molecule has 17 heavy (non-hydrogen) atoms. The van der Waals surface area contributed by atoms with Crippen molar-refractivity contribution in [2.24, 2.45) is 5.73 Å². The molecule has 1 aromatic rings. The predicted molar refractivity (Wildman–Crippen MR) is 73.1 cm³/mol. The molecule has 1 fully saturated rings. The van der Waals surface area contributed by atoms with Gasteiger partial charge in [-0.1, -0.05) is 17.7 Å². The van der Waals surface area contributed by atoms with Crippen molar-refractivity contribution >= 4 is 23.1 Å². The van der Waals surface area contributed by atoms with E-state index >= 15 is 0 Å². The molecule has 0 saturated carbocycles. The zero-order valence-corrected chi connectivity index (χ0v) is 11.0. The second kappa shape index (κ2) is 4.22. The fourth-order valence-electron chi connectivity index (χ4n) is 2.56. The Kier molecular flexibility index (Phi) is 3.04. The van der Waals surface area contributed by atoms with Gasteiger partial charge in [0.25, 0.3) is 0 Å². The minimum atomic E-state index is 0.0355. The van der Waals surface area contributed by atoms with E-state index in [4.69, 9.17) is 22.7 Å². The number of nitrogens with one attached hydrogen (secondary N) is 1. The maximum absolute atomic E-state index is 7.68.